The number of fused-ring (bicyclic) bond motifs is 1. The Kier molecular flexibility index (Phi) is 4.70. The molecule has 2 aromatic carbocycles. The Balaban J connectivity index is 1.75. The lowest BCUT2D eigenvalue weighted by molar-refractivity contribution is -0.275. The van der Waals surface area contributed by atoms with Gasteiger partial charge in [-0.2, -0.15) is 13.2 Å². The highest BCUT2D eigenvalue weighted by atomic mass is 35.5. The molecule has 4 nitrogen and oxygen atoms in total. The van der Waals surface area contributed by atoms with Crippen LogP contribution in [0.1, 0.15) is 37.0 Å². The van der Waals surface area contributed by atoms with Crippen molar-refractivity contribution in [3.8, 4) is 0 Å². The van der Waals surface area contributed by atoms with Gasteiger partial charge in [0, 0.05) is 22.0 Å². The summed E-state index contributed by atoms with van der Waals surface area (Å²) in [7, 11) is -1.08. The first-order valence-corrected chi connectivity index (χ1v) is 9.48. The second-order valence-corrected chi connectivity index (χ2v) is 8.44. The van der Waals surface area contributed by atoms with Gasteiger partial charge in [-0.15, -0.1) is 0 Å². The maximum atomic E-state index is 14.1. The van der Waals surface area contributed by atoms with Gasteiger partial charge in [0.2, 0.25) is 0 Å². The fraction of sp³-hybridized carbons (Fsp3) is 0.316. The van der Waals surface area contributed by atoms with E-state index in [1.54, 1.807) is 32.0 Å². The minimum atomic E-state index is -4.76. The maximum absolute atomic E-state index is 14.1. The number of benzene rings is 2. The number of hydrogen-bond acceptors (Lipinski definition) is 4. The zero-order valence-electron chi connectivity index (χ0n) is 15.3. The van der Waals surface area contributed by atoms with Crippen molar-refractivity contribution in [2.75, 3.05) is 0 Å². The van der Waals surface area contributed by atoms with Crippen molar-refractivity contribution in [3.05, 3.63) is 63.1 Å². The van der Waals surface area contributed by atoms with Gasteiger partial charge in [0.25, 0.3) is 5.60 Å². The van der Waals surface area contributed by atoms with Crippen molar-refractivity contribution < 1.29 is 27.7 Å². The van der Waals surface area contributed by atoms with E-state index in [-0.39, 0.29) is 21.3 Å². The molecule has 29 heavy (non-hydrogen) atoms. The Morgan fingerprint density at radius 1 is 1.10 bits per heavy atom. The molecule has 0 spiro atoms. The minimum absolute atomic E-state index is 0.0681. The van der Waals surface area contributed by atoms with Crippen LogP contribution in [-0.4, -0.2) is 24.0 Å². The van der Waals surface area contributed by atoms with Crippen LogP contribution >= 0.6 is 23.2 Å². The van der Waals surface area contributed by atoms with Crippen molar-refractivity contribution in [1.82, 2.24) is 0 Å². The molecular weight excluding hydrogens is 429 g/mol. The highest BCUT2D eigenvalue weighted by molar-refractivity contribution is 6.62. The summed E-state index contributed by atoms with van der Waals surface area (Å²) in [5.74, 6) is 0. The van der Waals surface area contributed by atoms with Gasteiger partial charge in [0.1, 0.15) is 0 Å². The van der Waals surface area contributed by atoms with Gasteiger partial charge in [-0.05, 0) is 54.7 Å². The summed E-state index contributed by atoms with van der Waals surface area (Å²) in [6, 6.07) is 8.58. The molecular formula is C19H15BCl2F3NO3. The van der Waals surface area contributed by atoms with Gasteiger partial charge in [-0.25, -0.2) is 0 Å². The fourth-order valence-corrected chi connectivity index (χ4v) is 4.25. The Morgan fingerprint density at radius 3 is 2.38 bits per heavy atom. The molecule has 0 saturated heterocycles. The molecule has 2 aliphatic rings. The number of rotatable bonds is 2. The molecule has 0 saturated carbocycles. The van der Waals surface area contributed by atoms with Crippen molar-refractivity contribution in [3.63, 3.8) is 0 Å². The second kappa shape index (κ2) is 6.64. The molecule has 2 aromatic rings. The molecule has 1 atom stereocenters. The molecule has 2 aliphatic heterocycles. The monoisotopic (exact) mass is 443 g/mol. The van der Waals surface area contributed by atoms with Crippen molar-refractivity contribution >= 4 is 41.5 Å². The van der Waals surface area contributed by atoms with Gasteiger partial charge in [0.05, 0.1) is 11.3 Å². The van der Waals surface area contributed by atoms with Crippen LogP contribution in [-0.2, 0) is 20.7 Å². The predicted molar refractivity (Wildman–Crippen MR) is 105 cm³/mol. The predicted octanol–water partition coefficient (Wildman–Crippen LogP) is 4.53. The van der Waals surface area contributed by atoms with E-state index in [4.69, 9.17) is 32.7 Å². The Hall–Kier alpha value is -1.74. The third kappa shape index (κ3) is 3.32. The van der Waals surface area contributed by atoms with Crippen LogP contribution < -0.4 is 5.46 Å². The lowest BCUT2D eigenvalue weighted by atomic mass is 9.77. The van der Waals surface area contributed by atoms with Crippen LogP contribution in [0.4, 0.5) is 13.2 Å². The van der Waals surface area contributed by atoms with Crippen molar-refractivity contribution in [1.29, 1.82) is 0 Å². The molecule has 1 unspecified atom stereocenters. The summed E-state index contributed by atoms with van der Waals surface area (Å²) in [5.41, 5.74) is -1.87. The van der Waals surface area contributed by atoms with Crippen LogP contribution in [0.2, 0.25) is 10.0 Å². The van der Waals surface area contributed by atoms with Crippen LogP contribution in [0.15, 0.2) is 41.6 Å². The van der Waals surface area contributed by atoms with Gasteiger partial charge in [-0.3, -0.25) is 0 Å². The van der Waals surface area contributed by atoms with E-state index in [1.165, 1.54) is 18.2 Å². The zero-order valence-corrected chi connectivity index (χ0v) is 16.9. The first kappa shape index (κ1) is 20.5. The highest BCUT2D eigenvalue weighted by Crippen LogP contribution is 2.49. The zero-order chi connectivity index (χ0) is 21.2. The number of hydrogen-bond donors (Lipinski definition) is 1. The number of alkyl halides is 3. The summed E-state index contributed by atoms with van der Waals surface area (Å²) in [6.45, 7) is 3.54. The molecule has 10 heteroatoms. The molecule has 1 N–H and O–H groups in total. The van der Waals surface area contributed by atoms with Gasteiger partial charge >= 0.3 is 13.3 Å². The Bertz CT molecular complexity index is 1010. The summed E-state index contributed by atoms with van der Waals surface area (Å²) in [4.78, 5) is 5.03. The van der Waals surface area contributed by atoms with Crippen LogP contribution in [0.25, 0.3) is 0 Å². The van der Waals surface area contributed by atoms with Crippen LogP contribution in [0, 0.1) is 0 Å². The summed E-state index contributed by atoms with van der Waals surface area (Å²) < 4.78 is 47.8. The van der Waals surface area contributed by atoms with Gasteiger partial charge in [-0.1, -0.05) is 40.5 Å². The van der Waals surface area contributed by atoms with E-state index in [1.807, 2.05) is 0 Å². The lowest BCUT2D eigenvalue weighted by Gasteiger charge is -2.29. The minimum Gasteiger partial charge on any atom is -0.423 e. The normalized spacial score (nSPS) is 23.0. The van der Waals surface area contributed by atoms with Crippen LogP contribution in [0.5, 0.6) is 0 Å². The van der Waals surface area contributed by atoms with E-state index >= 15 is 0 Å². The molecule has 4 rings (SSSR count). The average Bonchev–Trinajstić information content (AvgIpc) is 3.14. The molecule has 152 valence electrons. The smallest absolute Gasteiger partial charge is 0.423 e. The van der Waals surface area contributed by atoms with Gasteiger partial charge in [0.15, 0.2) is 0 Å². The third-order valence-corrected chi connectivity index (χ3v) is 5.66. The first-order valence-electron chi connectivity index (χ1n) is 8.72. The van der Waals surface area contributed by atoms with E-state index in [0.29, 0.717) is 16.6 Å². The average molecular weight is 444 g/mol. The van der Waals surface area contributed by atoms with Crippen LogP contribution in [0.3, 0.4) is 0 Å². The number of halogens is 5. The van der Waals surface area contributed by atoms with E-state index in [0.717, 1.165) is 0 Å². The Morgan fingerprint density at radius 2 is 1.76 bits per heavy atom. The van der Waals surface area contributed by atoms with Crippen molar-refractivity contribution in [2.24, 2.45) is 5.16 Å². The first-order chi connectivity index (χ1) is 13.4. The van der Waals surface area contributed by atoms with E-state index in [2.05, 4.69) is 5.16 Å². The number of nitrogens with zero attached hydrogens (tertiary/aromatic N) is 1. The number of oxime groups is 1. The summed E-state index contributed by atoms with van der Waals surface area (Å²) >= 11 is 11.8. The lowest BCUT2D eigenvalue weighted by Crippen LogP contribution is -2.42. The summed E-state index contributed by atoms with van der Waals surface area (Å²) in [6.07, 6.45) is -5.31. The molecule has 0 aliphatic carbocycles. The third-order valence-electron chi connectivity index (χ3n) is 5.22. The van der Waals surface area contributed by atoms with E-state index < -0.39 is 30.9 Å². The fourth-order valence-electron chi connectivity index (χ4n) is 3.72. The second-order valence-electron chi connectivity index (χ2n) is 7.57. The molecule has 0 fully saturated rings. The van der Waals surface area contributed by atoms with Gasteiger partial charge < -0.3 is 14.5 Å². The molecule has 0 amide bonds. The SMILES string of the molecule is CC1(C)OB(O)c2ccc(C3=NOC(c4cc(Cl)cc(Cl)c4)(C(F)(F)F)C3)cc21. The van der Waals surface area contributed by atoms with E-state index in [9.17, 15) is 18.2 Å². The molecule has 0 radical (unpaired) electrons. The standard InChI is InChI=1S/C19H15BCl2F3NO3/c1-17(2)14-5-10(3-4-15(14)20(27)28-17)16-9-18(29-26-16,19(23,24)25)11-6-12(21)8-13(22)7-11/h3-8,27H,9H2,1-2H3. The Labute approximate surface area is 175 Å². The molecule has 0 bridgehead atoms. The molecule has 2 heterocycles. The maximum Gasteiger partial charge on any atom is 0.492 e. The summed E-state index contributed by atoms with van der Waals surface area (Å²) in [5, 5.41) is 13.9. The molecule has 0 aromatic heterocycles. The quantitative estimate of drug-likeness (QED) is 0.694. The highest BCUT2D eigenvalue weighted by Gasteiger charge is 2.62. The topological polar surface area (TPSA) is 51.0 Å². The van der Waals surface area contributed by atoms with Crippen molar-refractivity contribution in [2.45, 2.75) is 37.6 Å². The largest absolute Gasteiger partial charge is 0.492 e.